The molecule has 0 atom stereocenters. The molecule has 0 saturated carbocycles. The highest BCUT2D eigenvalue weighted by Gasteiger charge is 2.25. The van der Waals surface area contributed by atoms with Crippen molar-refractivity contribution in [1.29, 1.82) is 0 Å². The van der Waals surface area contributed by atoms with Gasteiger partial charge >= 0.3 is 0 Å². The van der Waals surface area contributed by atoms with E-state index in [0.717, 1.165) is 27.8 Å². The van der Waals surface area contributed by atoms with E-state index in [1.165, 1.54) is 12.1 Å². The number of carbonyl (C=O) groups excluding carboxylic acids is 2. The molecule has 0 aliphatic heterocycles. The minimum absolute atomic E-state index is 0.180. The molecular formula is C33H31FN4O2. The first kappa shape index (κ1) is 26.8. The van der Waals surface area contributed by atoms with Crippen molar-refractivity contribution in [2.45, 2.75) is 33.2 Å². The highest BCUT2D eigenvalue weighted by Crippen LogP contribution is 2.32. The van der Waals surface area contributed by atoms with Crippen LogP contribution in [0.3, 0.4) is 0 Å². The van der Waals surface area contributed by atoms with Crippen LogP contribution in [0.2, 0.25) is 0 Å². The minimum atomic E-state index is -0.561. The summed E-state index contributed by atoms with van der Waals surface area (Å²) in [5, 5.41) is 5.85. The van der Waals surface area contributed by atoms with Gasteiger partial charge in [0.25, 0.3) is 11.8 Å². The normalized spacial score (nSPS) is 11.4. The molecule has 2 heterocycles. The summed E-state index contributed by atoms with van der Waals surface area (Å²) >= 11 is 0. The van der Waals surface area contributed by atoms with Crippen molar-refractivity contribution in [1.82, 2.24) is 20.0 Å². The Balaban J connectivity index is 1.59. The maximum absolute atomic E-state index is 13.6. The first-order valence-corrected chi connectivity index (χ1v) is 13.1. The van der Waals surface area contributed by atoms with Crippen LogP contribution in [0.5, 0.6) is 0 Å². The first-order chi connectivity index (χ1) is 19.1. The van der Waals surface area contributed by atoms with Gasteiger partial charge < -0.3 is 10.6 Å². The summed E-state index contributed by atoms with van der Waals surface area (Å²) in [6.07, 6.45) is 1.88. The minimum Gasteiger partial charge on any atom is -0.354 e. The van der Waals surface area contributed by atoms with Crippen LogP contribution in [0.25, 0.3) is 28.0 Å². The highest BCUT2D eigenvalue weighted by molar-refractivity contribution is 6.00. The van der Waals surface area contributed by atoms with Gasteiger partial charge in [0.05, 0.1) is 5.54 Å². The zero-order valence-electron chi connectivity index (χ0n) is 23.2. The number of rotatable bonds is 6. The van der Waals surface area contributed by atoms with Crippen LogP contribution in [0.4, 0.5) is 4.39 Å². The van der Waals surface area contributed by atoms with Gasteiger partial charge in [-0.15, -0.1) is 0 Å². The van der Waals surface area contributed by atoms with E-state index < -0.39 is 5.54 Å². The van der Waals surface area contributed by atoms with Gasteiger partial charge in [0, 0.05) is 29.9 Å². The van der Waals surface area contributed by atoms with E-state index in [4.69, 9.17) is 4.98 Å². The molecular weight excluding hydrogens is 503 g/mol. The number of aryl methyl sites for hydroxylation is 2. The first-order valence-electron chi connectivity index (χ1n) is 13.1. The molecule has 40 heavy (non-hydrogen) atoms. The van der Waals surface area contributed by atoms with Crippen LogP contribution < -0.4 is 10.6 Å². The molecule has 5 rings (SSSR count). The van der Waals surface area contributed by atoms with Crippen LogP contribution in [0.1, 0.15) is 51.4 Å². The van der Waals surface area contributed by atoms with Gasteiger partial charge in [0.15, 0.2) is 0 Å². The second kappa shape index (κ2) is 10.4. The molecule has 0 fully saturated rings. The number of pyridine rings is 1. The molecule has 2 amide bonds. The lowest BCUT2D eigenvalue weighted by molar-refractivity contribution is 0.0910. The second-order valence-electron chi connectivity index (χ2n) is 10.5. The summed E-state index contributed by atoms with van der Waals surface area (Å²) in [5.74, 6) is -0.852. The average Bonchev–Trinajstić information content (AvgIpc) is 3.31. The van der Waals surface area contributed by atoms with Crippen molar-refractivity contribution in [3.8, 4) is 22.4 Å². The van der Waals surface area contributed by atoms with E-state index in [9.17, 15) is 14.0 Å². The van der Waals surface area contributed by atoms with E-state index in [0.29, 0.717) is 28.2 Å². The van der Waals surface area contributed by atoms with Crippen molar-refractivity contribution in [2.24, 2.45) is 0 Å². The van der Waals surface area contributed by atoms with Crippen LogP contribution in [0, 0.1) is 19.7 Å². The van der Waals surface area contributed by atoms with Gasteiger partial charge in [-0.1, -0.05) is 36.4 Å². The predicted octanol–water partition coefficient (Wildman–Crippen LogP) is 6.45. The molecule has 6 nitrogen and oxygen atoms in total. The number of fused-ring (bicyclic) bond motifs is 1. The summed E-state index contributed by atoms with van der Waals surface area (Å²) < 4.78 is 15.4. The number of aromatic nitrogens is 2. The van der Waals surface area contributed by atoms with Crippen molar-refractivity contribution in [2.75, 3.05) is 7.05 Å². The quantitative estimate of drug-likeness (QED) is 0.263. The monoisotopic (exact) mass is 534 g/mol. The van der Waals surface area contributed by atoms with Gasteiger partial charge in [0.2, 0.25) is 0 Å². The lowest BCUT2D eigenvalue weighted by Crippen LogP contribution is -2.41. The van der Waals surface area contributed by atoms with E-state index in [1.807, 2.05) is 88.5 Å². The fourth-order valence-electron chi connectivity index (χ4n) is 4.95. The van der Waals surface area contributed by atoms with Gasteiger partial charge in [0.1, 0.15) is 22.9 Å². The Morgan fingerprint density at radius 3 is 2.23 bits per heavy atom. The summed E-state index contributed by atoms with van der Waals surface area (Å²) in [5.41, 5.74) is 6.70. The van der Waals surface area contributed by atoms with E-state index >= 15 is 0 Å². The fraction of sp³-hybridized carbons (Fsp3) is 0.182. The lowest BCUT2D eigenvalue weighted by atomic mass is 9.93. The van der Waals surface area contributed by atoms with E-state index in [-0.39, 0.29) is 17.6 Å². The number of imidazole rings is 1. The third-order valence-electron chi connectivity index (χ3n) is 7.24. The van der Waals surface area contributed by atoms with Gasteiger partial charge in [-0.25, -0.2) is 9.37 Å². The standard InChI is InChI=1S/C33H31FN4O2/c1-20-11-12-23(31(39)37-33(3,4)24-9-7-6-8-10-24)18-26(20)27-19-38-28(17-21(27)2)36-29(30(38)32(40)35-5)22-13-15-25(34)16-14-22/h6-19H,1-5H3,(H,35,40)(H,37,39). The topological polar surface area (TPSA) is 75.5 Å². The number of amides is 2. The average molecular weight is 535 g/mol. The Hall–Kier alpha value is -4.78. The number of hydrogen-bond donors (Lipinski definition) is 2. The molecule has 7 heteroatoms. The Morgan fingerprint density at radius 1 is 0.850 bits per heavy atom. The third kappa shape index (κ3) is 4.98. The lowest BCUT2D eigenvalue weighted by Gasteiger charge is -2.27. The Kier molecular flexibility index (Phi) is 6.98. The maximum Gasteiger partial charge on any atom is 0.270 e. The third-order valence-corrected chi connectivity index (χ3v) is 7.24. The molecule has 202 valence electrons. The molecule has 0 aliphatic rings. The summed E-state index contributed by atoms with van der Waals surface area (Å²) in [7, 11) is 1.56. The van der Waals surface area contributed by atoms with Gasteiger partial charge in [-0.3, -0.25) is 14.0 Å². The van der Waals surface area contributed by atoms with Crippen molar-refractivity contribution in [3.63, 3.8) is 0 Å². The van der Waals surface area contributed by atoms with Crippen molar-refractivity contribution in [3.05, 3.63) is 119 Å². The molecule has 0 unspecified atom stereocenters. The Bertz CT molecular complexity index is 1740. The number of halogens is 1. The van der Waals surface area contributed by atoms with Crippen LogP contribution in [-0.4, -0.2) is 28.2 Å². The van der Waals surface area contributed by atoms with E-state index in [2.05, 4.69) is 10.6 Å². The maximum atomic E-state index is 13.6. The highest BCUT2D eigenvalue weighted by atomic mass is 19.1. The summed E-state index contributed by atoms with van der Waals surface area (Å²) in [4.78, 5) is 31.2. The largest absolute Gasteiger partial charge is 0.354 e. The fourth-order valence-corrected chi connectivity index (χ4v) is 4.95. The number of carbonyl (C=O) groups is 2. The Morgan fingerprint density at radius 2 is 1.55 bits per heavy atom. The molecule has 0 spiro atoms. The van der Waals surface area contributed by atoms with Gasteiger partial charge in [-0.05, 0) is 92.4 Å². The molecule has 5 aromatic rings. The van der Waals surface area contributed by atoms with Crippen LogP contribution >= 0.6 is 0 Å². The zero-order chi connectivity index (χ0) is 28.6. The molecule has 2 aromatic heterocycles. The molecule has 0 radical (unpaired) electrons. The summed E-state index contributed by atoms with van der Waals surface area (Å²) in [6.45, 7) is 7.93. The number of nitrogens with zero attached hydrogens (tertiary/aromatic N) is 2. The summed E-state index contributed by atoms with van der Waals surface area (Å²) in [6, 6.07) is 23.3. The molecule has 2 N–H and O–H groups in total. The zero-order valence-corrected chi connectivity index (χ0v) is 23.2. The number of benzene rings is 3. The SMILES string of the molecule is CNC(=O)c1c(-c2ccc(F)cc2)nc2cc(C)c(-c3cc(C(=O)NC(C)(C)c4ccccc4)ccc3C)cn12. The smallest absolute Gasteiger partial charge is 0.270 e. The van der Waals surface area contributed by atoms with E-state index in [1.54, 1.807) is 23.6 Å². The molecule has 3 aromatic carbocycles. The molecule has 0 bridgehead atoms. The van der Waals surface area contributed by atoms with Crippen LogP contribution in [0.15, 0.2) is 85.1 Å². The Labute approximate surface area is 232 Å². The predicted molar refractivity (Wildman–Crippen MR) is 156 cm³/mol. The van der Waals surface area contributed by atoms with Crippen molar-refractivity contribution < 1.29 is 14.0 Å². The van der Waals surface area contributed by atoms with Crippen molar-refractivity contribution >= 4 is 17.5 Å². The number of hydrogen-bond acceptors (Lipinski definition) is 3. The van der Waals surface area contributed by atoms with Gasteiger partial charge in [-0.2, -0.15) is 0 Å². The van der Waals surface area contributed by atoms with Crippen LogP contribution in [-0.2, 0) is 5.54 Å². The number of nitrogens with one attached hydrogen (secondary N) is 2. The molecule has 0 saturated heterocycles. The second-order valence-corrected chi connectivity index (χ2v) is 10.5. The molecule has 0 aliphatic carbocycles.